The third kappa shape index (κ3) is 3.43. The van der Waals surface area contributed by atoms with Crippen molar-refractivity contribution in [3.63, 3.8) is 0 Å². The lowest BCUT2D eigenvalue weighted by atomic mass is 9.78. The number of likely N-dealkylation sites (tertiary alicyclic amines) is 1. The van der Waals surface area contributed by atoms with Crippen LogP contribution in [0.5, 0.6) is 0 Å². The molecule has 0 saturated carbocycles. The molecule has 18 heavy (non-hydrogen) atoms. The Hall–Kier alpha value is -0.650. The van der Waals surface area contributed by atoms with Crippen molar-refractivity contribution >= 4 is 5.97 Å². The van der Waals surface area contributed by atoms with Crippen molar-refractivity contribution in [3.05, 3.63) is 0 Å². The van der Waals surface area contributed by atoms with Gasteiger partial charge in [-0.3, -0.25) is 4.79 Å². The predicted molar refractivity (Wildman–Crippen MR) is 66.5 cm³/mol. The Balaban J connectivity index is 1.83. The molecule has 2 N–H and O–H groups in total. The Labute approximate surface area is 108 Å². The highest BCUT2D eigenvalue weighted by Gasteiger charge is 2.44. The van der Waals surface area contributed by atoms with Crippen molar-refractivity contribution in [2.75, 3.05) is 26.2 Å². The van der Waals surface area contributed by atoms with Crippen molar-refractivity contribution in [2.45, 2.75) is 50.2 Å². The van der Waals surface area contributed by atoms with Crippen LogP contribution in [0.2, 0.25) is 0 Å². The van der Waals surface area contributed by atoms with Gasteiger partial charge >= 0.3 is 5.97 Å². The maximum Gasteiger partial charge on any atom is 0.304 e. The van der Waals surface area contributed by atoms with Gasteiger partial charge in [-0.2, -0.15) is 0 Å². The third-order valence-electron chi connectivity index (χ3n) is 4.16. The number of hydrogen-bond donors (Lipinski definition) is 2. The summed E-state index contributed by atoms with van der Waals surface area (Å²) >= 11 is 0. The van der Waals surface area contributed by atoms with Crippen LogP contribution < -0.4 is 0 Å². The summed E-state index contributed by atoms with van der Waals surface area (Å²) in [6.45, 7) is 4.85. The monoisotopic (exact) mass is 257 g/mol. The van der Waals surface area contributed by atoms with Gasteiger partial charge in [0, 0.05) is 26.1 Å². The van der Waals surface area contributed by atoms with Gasteiger partial charge in [-0.05, 0) is 26.2 Å². The second-order valence-corrected chi connectivity index (χ2v) is 5.94. The average molecular weight is 257 g/mol. The smallest absolute Gasteiger partial charge is 0.304 e. The van der Waals surface area contributed by atoms with Crippen molar-refractivity contribution in [2.24, 2.45) is 0 Å². The van der Waals surface area contributed by atoms with Crippen LogP contribution in [0.25, 0.3) is 0 Å². The van der Waals surface area contributed by atoms with E-state index in [9.17, 15) is 9.90 Å². The summed E-state index contributed by atoms with van der Waals surface area (Å²) in [6, 6.07) is 0. The van der Waals surface area contributed by atoms with Crippen LogP contribution in [-0.4, -0.2) is 58.5 Å². The number of aliphatic carboxylic acids is 1. The highest BCUT2D eigenvalue weighted by atomic mass is 16.5. The first kappa shape index (κ1) is 13.8. The summed E-state index contributed by atoms with van der Waals surface area (Å²) in [5.41, 5.74) is -0.789. The summed E-state index contributed by atoms with van der Waals surface area (Å²) in [5.74, 6) is -0.743. The number of ether oxygens (including phenoxy) is 1. The number of aliphatic hydroxyl groups is 1. The van der Waals surface area contributed by atoms with Gasteiger partial charge in [0.25, 0.3) is 0 Å². The molecule has 0 amide bonds. The van der Waals surface area contributed by atoms with Crippen molar-refractivity contribution in [1.29, 1.82) is 0 Å². The molecule has 2 heterocycles. The SMILES string of the molecule is CC1(O)CCOC2(CCN(CCC(=O)O)CC2)C1. The standard InChI is InChI=1S/C13H23NO4/c1-12(17)5-9-18-13(10-12)3-7-14(8-4-13)6-2-11(15)16/h17H,2-10H2,1H3,(H,15,16). The normalized spacial score (nSPS) is 32.6. The molecule has 1 atom stereocenters. The largest absolute Gasteiger partial charge is 0.481 e. The van der Waals surface area contributed by atoms with Gasteiger partial charge in [-0.25, -0.2) is 0 Å². The Bertz CT molecular complexity index is 308. The first-order valence-corrected chi connectivity index (χ1v) is 6.71. The minimum Gasteiger partial charge on any atom is -0.481 e. The van der Waals surface area contributed by atoms with Gasteiger partial charge in [-0.1, -0.05) is 0 Å². The Morgan fingerprint density at radius 3 is 2.56 bits per heavy atom. The second kappa shape index (κ2) is 5.15. The number of carboxylic acid groups (broad SMARTS) is 1. The van der Waals surface area contributed by atoms with Crippen LogP contribution >= 0.6 is 0 Å². The van der Waals surface area contributed by atoms with E-state index in [-0.39, 0.29) is 12.0 Å². The van der Waals surface area contributed by atoms with E-state index in [2.05, 4.69) is 4.90 Å². The lowest BCUT2D eigenvalue weighted by molar-refractivity contribution is -0.172. The molecule has 2 aliphatic rings. The zero-order valence-electron chi connectivity index (χ0n) is 11.0. The van der Waals surface area contributed by atoms with Gasteiger partial charge in [0.2, 0.25) is 0 Å². The van der Waals surface area contributed by atoms with Gasteiger partial charge in [-0.15, -0.1) is 0 Å². The van der Waals surface area contributed by atoms with Gasteiger partial charge in [0.05, 0.1) is 24.2 Å². The number of carbonyl (C=O) groups is 1. The summed E-state index contributed by atoms with van der Waals surface area (Å²) in [5, 5.41) is 18.8. The number of rotatable bonds is 3. The molecule has 0 aromatic carbocycles. The van der Waals surface area contributed by atoms with E-state index in [1.165, 1.54) is 0 Å². The lowest BCUT2D eigenvalue weighted by Gasteiger charge is -2.48. The van der Waals surface area contributed by atoms with Crippen molar-refractivity contribution in [3.8, 4) is 0 Å². The quantitative estimate of drug-likeness (QED) is 0.784. The summed E-state index contributed by atoms with van der Waals surface area (Å²) < 4.78 is 5.91. The minimum absolute atomic E-state index is 0.179. The second-order valence-electron chi connectivity index (χ2n) is 5.94. The first-order chi connectivity index (χ1) is 8.41. The van der Waals surface area contributed by atoms with Crippen LogP contribution in [0.1, 0.15) is 39.0 Å². The zero-order valence-corrected chi connectivity index (χ0v) is 11.0. The maximum absolute atomic E-state index is 10.5. The fraction of sp³-hybridized carbons (Fsp3) is 0.923. The molecule has 1 spiro atoms. The Kier molecular flexibility index (Phi) is 3.94. The van der Waals surface area contributed by atoms with E-state index in [1.807, 2.05) is 6.92 Å². The molecule has 0 aromatic rings. The molecule has 5 heteroatoms. The summed E-state index contributed by atoms with van der Waals surface area (Å²) in [4.78, 5) is 12.7. The molecular formula is C13H23NO4. The minimum atomic E-state index is -0.743. The van der Waals surface area contributed by atoms with E-state index in [0.717, 1.165) is 25.9 Å². The van der Waals surface area contributed by atoms with Crippen LogP contribution in [-0.2, 0) is 9.53 Å². The van der Waals surface area contributed by atoms with Crippen LogP contribution in [0, 0.1) is 0 Å². The molecule has 1 unspecified atom stereocenters. The lowest BCUT2D eigenvalue weighted by Crippen LogP contribution is -2.53. The molecule has 0 bridgehead atoms. The van der Waals surface area contributed by atoms with Crippen molar-refractivity contribution < 1.29 is 19.7 Å². The Morgan fingerprint density at radius 1 is 1.33 bits per heavy atom. The molecule has 2 saturated heterocycles. The van der Waals surface area contributed by atoms with E-state index in [1.54, 1.807) is 0 Å². The molecule has 0 aromatic heterocycles. The molecule has 0 aliphatic carbocycles. The van der Waals surface area contributed by atoms with Crippen LogP contribution in [0.4, 0.5) is 0 Å². The number of piperidine rings is 1. The highest BCUT2D eigenvalue weighted by molar-refractivity contribution is 5.66. The molecular weight excluding hydrogens is 234 g/mol. The van der Waals surface area contributed by atoms with Crippen LogP contribution in [0.3, 0.4) is 0 Å². The molecule has 5 nitrogen and oxygen atoms in total. The number of hydrogen-bond acceptors (Lipinski definition) is 4. The predicted octanol–water partition coefficient (Wildman–Crippen LogP) is 0.857. The average Bonchev–Trinajstić information content (AvgIpc) is 2.27. The molecule has 2 rings (SSSR count). The summed E-state index contributed by atoms with van der Waals surface area (Å²) in [7, 11) is 0. The van der Waals surface area contributed by atoms with E-state index >= 15 is 0 Å². The van der Waals surface area contributed by atoms with Crippen LogP contribution in [0.15, 0.2) is 0 Å². The van der Waals surface area contributed by atoms with E-state index < -0.39 is 11.6 Å². The van der Waals surface area contributed by atoms with E-state index in [4.69, 9.17) is 9.84 Å². The van der Waals surface area contributed by atoms with Crippen molar-refractivity contribution in [1.82, 2.24) is 4.90 Å². The first-order valence-electron chi connectivity index (χ1n) is 6.71. The number of nitrogens with zero attached hydrogens (tertiary/aromatic N) is 1. The van der Waals surface area contributed by atoms with Gasteiger partial charge in [0.1, 0.15) is 0 Å². The molecule has 2 aliphatic heterocycles. The van der Waals surface area contributed by atoms with E-state index in [0.29, 0.717) is 26.0 Å². The molecule has 0 radical (unpaired) electrons. The maximum atomic E-state index is 10.5. The topological polar surface area (TPSA) is 70.0 Å². The fourth-order valence-electron chi connectivity index (χ4n) is 3.08. The van der Waals surface area contributed by atoms with Gasteiger partial charge in [0.15, 0.2) is 0 Å². The number of carboxylic acids is 1. The molecule has 2 fully saturated rings. The zero-order chi connectivity index (χ0) is 13.2. The third-order valence-corrected chi connectivity index (χ3v) is 4.16. The summed E-state index contributed by atoms with van der Waals surface area (Å²) in [6.07, 6.45) is 3.39. The Morgan fingerprint density at radius 2 is 2.00 bits per heavy atom. The molecule has 104 valence electrons. The van der Waals surface area contributed by atoms with Gasteiger partial charge < -0.3 is 19.8 Å². The fourth-order valence-corrected chi connectivity index (χ4v) is 3.08. The highest BCUT2D eigenvalue weighted by Crippen LogP contribution is 2.39.